The number of carboxylic acid groups (broad SMARTS) is 1. The van der Waals surface area contributed by atoms with Gasteiger partial charge in [0.1, 0.15) is 5.71 Å². The third-order valence-electron chi connectivity index (χ3n) is 3.19. The number of nitrogens with one attached hydrogen (secondary N) is 1. The summed E-state index contributed by atoms with van der Waals surface area (Å²) in [5.41, 5.74) is 0.300. The standard InChI is InChI=1S/C12H15N3O4/c1-15-10(16)5-4-9(14-15)11(17)13-8-3-2-7(6-8)12(18)19/h2-3,7-8H,4-6H2,1H3,(H,13,17)(H,18,19). The molecule has 7 heteroatoms. The summed E-state index contributed by atoms with van der Waals surface area (Å²) in [4.78, 5) is 33.9. The van der Waals surface area contributed by atoms with Crippen LogP contribution in [0.15, 0.2) is 17.3 Å². The van der Waals surface area contributed by atoms with E-state index in [4.69, 9.17) is 5.11 Å². The number of rotatable bonds is 3. The molecule has 0 aromatic heterocycles. The van der Waals surface area contributed by atoms with Crippen molar-refractivity contribution in [1.82, 2.24) is 10.3 Å². The van der Waals surface area contributed by atoms with Crippen LogP contribution in [0.1, 0.15) is 19.3 Å². The van der Waals surface area contributed by atoms with Gasteiger partial charge in [-0.05, 0) is 6.42 Å². The Bertz CT molecular complexity index is 483. The first-order valence-corrected chi connectivity index (χ1v) is 6.03. The average Bonchev–Trinajstić information content (AvgIpc) is 2.81. The Balaban J connectivity index is 1.93. The number of carbonyl (C=O) groups excluding carboxylic acids is 2. The van der Waals surface area contributed by atoms with Crippen molar-refractivity contribution >= 4 is 23.5 Å². The van der Waals surface area contributed by atoms with Gasteiger partial charge in [-0.3, -0.25) is 14.4 Å². The first-order valence-electron chi connectivity index (χ1n) is 6.03. The second kappa shape index (κ2) is 5.21. The second-order valence-electron chi connectivity index (χ2n) is 4.61. The number of carboxylic acids is 1. The van der Waals surface area contributed by atoms with Gasteiger partial charge in [0, 0.05) is 25.9 Å². The van der Waals surface area contributed by atoms with Crippen LogP contribution in [0.4, 0.5) is 0 Å². The molecule has 0 fully saturated rings. The minimum atomic E-state index is -0.895. The summed E-state index contributed by atoms with van der Waals surface area (Å²) in [7, 11) is 1.50. The zero-order valence-corrected chi connectivity index (χ0v) is 10.5. The van der Waals surface area contributed by atoms with Crippen molar-refractivity contribution < 1.29 is 19.5 Å². The molecule has 0 saturated heterocycles. The van der Waals surface area contributed by atoms with E-state index in [2.05, 4.69) is 10.4 Å². The van der Waals surface area contributed by atoms with Gasteiger partial charge in [0.15, 0.2) is 0 Å². The molecule has 19 heavy (non-hydrogen) atoms. The molecule has 0 bridgehead atoms. The van der Waals surface area contributed by atoms with E-state index in [0.717, 1.165) is 5.01 Å². The third kappa shape index (κ3) is 2.98. The molecule has 2 aliphatic rings. The Kier molecular flexibility index (Phi) is 3.64. The number of hydrogen-bond acceptors (Lipinski definition) is 4. The molecule has 0 aromatic rings. The summed E-state index contributed by atoms with van der Waals surface area (Å²) in [6.45, 7) is 0. The molecule has 2 atom stereocenters. The summed E-state index contributed by atoms with van der Waals surface area (Å²) >= 11 is 0. The Labute approximate surface area is 110 Å². The maximum absolute atomic E-state index is 11.9. The fourth-order valence-electron chi connectivity index (χ4n) is 2.07. The molecule has 2 N–H and O–H groups in total. The lowest BCUT2D eigenvalue weighted by Gasteiger charge is -2.20. The maximum Gasteiger partial charge on any atom is 0.310 e. The van der Waals surface area contributed by atoms with Crippen molar-refractivity contribution in [3.8, 4) is 0 Å². The van der Waals surface area contributed by atoms with Gasteiger partial charge < -0.3 is 10.4 Å². The van der Waals surface area contributed by atoms with Crippen LogP contribution in [-0.2, 0) is 14.4 Å². The fraction of sp³-hybridized carbons (Fsp3) is 0.500. The molecule has 0 saturated carbocycles. The van der Waals surface area contributed by atoms with Crippen molar-refractivity contribution in [3.05, 3.63) is 12.2 Å². The van der Waals surface area contributed by atoms with Gasteiger partial charge in [0.25, 0.3) is 5.91 Å². The van der Waals surface area contributed by atoms with Gasteiger partial charge in [-0.15, -0.1) is 0 Å². The predicted octanol–water partition coefficient (Wildman–Crippen LogP) is -0.260. The Morgan fingerprint density at radius 3 is 2.74 bits per heavy atom. The monoisotopic (exact) mass is 265 g/mol. The zero-order valence-electron chi connectivity index (χ0n) is 10.5. The quantitative estimate of drug-likeness (QED) is 0.687. The molecule has 7 nitrogen and oxygen atoms in total. The van der Waals surface area contributed by atoms with Crippen LogP contribution in [0, 0.1) is 5.92 Å². The Hall–Kier alpha value is -2.18. The first-order chi connectivity index (χ1) is 8.97. The minimum absolute atomic E-state index is 0.122. The normalized spacial score (nSPS) is 26.3. The van der Waals surface area contributed by atoms with Crippen LogP contribution in [0.5, 0.6) is 0 Å². The molecule has 0 spiro atoms. The van der Waals surface area contributed by atoms with Crippen molar-refractivity contribution in [3.63, 3.8) is 0 Å². The molecular weight excluding hydrogens is 250 g/mol. The number of nitrogens with zero attached hydrogens (tertiary/aromatic N) is 2. The van der Waals surface area contributed by atoms with Crippen molar-refractivity contribution in [2.45, 2.75) is 25.3 Å². The zero-order chi connectivity index (χ0) is 14.0. The van der Waals surface area contributed by atoms with Crippen molar-refractivity contribution in [2.75, 3.05) is 7.05 Å². The van der Waals surface area contributed by atoms with E-state index < -0.39 is 11.9 Å². The smallest absolute Gasteiger partial charge is 0.310 e. The SMILES string of the molecule is CN1N=C(C(=O)NC2C=CC(C(=O)O)C2)CCC1=O. The molecule has 0 aromatic carbocycles. The van der Waals surface area contributed by atoms with E-state index >= 15 is 0 Å². The van der Waals surface area contributed by atoms with E-state index in [1.807, 2.05) is 0 Å². The van der Waals surface area contributed by atoms with Crippen LogP contribution in [0.3, 0.4) is 0 Å². The highest BCUT2D eigenvalue weighted by molar-refractivity contribution is 6.39. The Morgan fingerprint density at radius 2 is 2.16 bits per heavy atom. The molecule has 2 amide bonds. The fourth-order valence-corrected chi connectivity index (χ4v) is 2.07. The molecule has 2 rings (SSSR count). The highest BCUT2D eigenvalue weighted by Crippen LogP contribution is 2.18. The molecule has 0 radical (unpaired) electrons. The highest BCUT2D eigenvalue weighted by Gasteiger charge is 2.28. The third-order valence-corrected chi connectivity index (χ3v) is 3.19. The molecular formula is C12H15N3O4. The molecule has 1 aliphatic carbocycles. The summed E-state index contributed by atoms with van der Waals surface area (Å²) < 4.78 is 0. The number of aliphatic carboxylic acids is 1. The van der Waals surface area contributed by atoms with Gasteiger partial charge in [0.2, 0.25) is 5.91 Å². The molecule has 2 unspecified atom stereocenters. The van der Waals surface area contributed by atoms with E-state index in [1.54, 1.807) is 12.2 Å². The first kappa shape index (κ1) is 13.3. The van der Waals surface area contributed by atoms with Crippen LogP contribution >= 0.6 is 0 Å². The van der Waals surface area contributed by atoms with E-state index in [1.165, 1.54) is 7.05 Å². The van der Waals surface area contributed by atoms with Crippen LogP contribution in [0.25, 0.3) is 0 Å². The van der Waals surface area contributed by atoms with Crippen LogP contribution in [0.2, 0.25) is 0 Å². The maximum atomic E-state index is 11.9. The number of carbonyl (C=O) groups is 3. The van der Waals surface area contributed by atoms with Gasteiger partial charge in [-0.1, -0.05) is 12.2 Å². The van der Waals surface area contributed by atoms with E-state index in [0.29, 0.717) is 18.6 Å². The summed E-state index contributed by atoms with van der Waals surface area (Å²) in [6, 6.07) is -0.292. The number of amides is 2. The average molecular weight is 265 g/mol. The lowest BCUT2D eigenvalue weighted by molar-refractivity contribution is -0.140. The predicted molar refractivity (Wildman–Crippen MR) is 66.3 cm³/mol. The summed E-state index contributed by atoms with van der Waals surface area (Å²) in [6.07, 6.45) is 4.18. The van der Waals surface area contributed by atoms with Gasteiger partial charge in [-0.2, -0.15) is 5.10 Å². The number of hydrazone groups is 1. The van der Waals surface area contributed by atoms with E-state index in [-0.39, 0.29) is 24.3 Å². The van der Waals surface area contributed by atoms with Gasteiger partial charge in [0.05, 0.1) is 5.92 Å². The lowest BCUT2D eigenvalue weighted by atomic mass is 10.1. The number of hydrogen-bond donors (Lipinski definition) is 2. The van der Waals surface area contributed by atoms with Crippen LogP contribution < -0.4 is 5.32 Å². The largest absolute Gasteiger partial charge is 0.481 e. The van der Waals surface area contributed by atoms with Crippen molar-refractivity contribution in [1.29, 1.82) is 0 Å². The van der Waals surface area contributed by atoms with E-state index in [9.17, 15) is 14.4 Å². The highest BCUT2D eigenvalue weighted by atomic mass is 16.4. The second-order valence-corrected chi connectivity index (χ2v) is 4.61. The molecule has 102 valence electrons. The van der Waals surface area contributed by atoms with Crippen molar-refractivity contribution in [2.24, 2.45) is 11.0 Å². The lowest BCUT2D eigenvalue weighted by Crippen LogP contribution is -2.41. The topological polar surface area (TPSA) is 99.1 Å². The summed E-state index contributed by atoms with van der Waals surface area (Å²) in [5, 5.41) is 16.6. The van der Waals surface area contributed by atoms with Gasteiger partial charge in [-0.25, -0.2) is 5.01 Å². The Morgan fingerprint density at radius 1 is 1.42 bits per heavy atom. The van der Waals surface area contributed by atoms with Gasteiger partial charge >= 0.3 is 5.97 Å². The summed E-state index contributed by atoms with van der Waals surface area (Å²) in [5.74, 6) is -1.92. The molecule has 1 heterocycles. The van der Waals surface area contributed by atoms with Crippen LogP contribution in [-0.4, -0.2) is 46.7 Å². The molecule has 1 aliphatic heterocycles. The minimum Gasteiger partial charge on any atom is -0.481 e.